The van der Waals surface area contributed by atoms with Gasteiger partial charge in [-0.2, -0.15) is 5.26 Å². The van der Waals surface area contributed by atoms with Crippen LogP contribution >= 0.6 is 0 Å². The number of halogens is 1. The van der Waals surface area contributed by atoms with E-state index in [4.69, 9.17) is 4.74 Å². The van der Waals surface area contributed by atoms with E-state index in [1.807, 2.05) is 35.0 Å². The largest absolute Gasteiger partial charge is 0.457 e. The number of ether oxygens (including phenoxy) is 1. The number of nitrogens with zero attached hydrogens (tertiary/aromatic N) is 2. The second-order valence-electron chi connectivity index (χ2n) is 6.93. The molecule has 2 N–H and O–H groups in total. The van der Waals surface area contributed by atoms with Crippen molar-refractivity contribution in [3.63, 3.8) is 0 Å². The average molecular weight is 402 g/mol. The lowest BCUT2D eigenvalue weighted by Gasteiger charge is -2.09. The quantitative estimate of drug-likeness (QED) is 0.503. The third-order valence-electron chi connectivity index (χ3n) is 4.86. The van der Waals surface area contributed by atoms with Crippen LogP contribution in [0.25, 0.3) is 16.6 Å². The van der Waals surface area contributed by atoms with Crippen molar-refractivity contribution < 1.29 is 19.3 Å². The highest BCUT2D eigenvalue weighted by atomic mass is 19.1. The van der Waals surface area contributed by atoms with Gasteiger partial charge in [0.2, 0.25) is 0 Å². The Bertz CT molecular complexity index is 1210. The van der Waals surface area contributed by atoms with Gasteiger partial charge in [0.05, 0.1) is 29.9 Å². The minimum atomic E-state index is -0.901. The van der Waals surface area contributed by atoms with Gasteiger partial charge in [0.15, 0.2) is 0 Å². The molecule has 0 saturated heterocycles. The van der Waals surface area contributed by atoms with Gasteiger partial charge < -0.3 is 19.5 Å². The van der Waals surface area contributed by atoms with Gasteiger partial charge in [0, 0.05) is 23.7 Å². The maximum absolute atomic E-state index is 13.0. The molecule has 0 radical (unpaired) electrons. The van der Waals surface area contributed by atoms with Crippen LogP contribution in [0.2, 0.25) is 0 Å². The average Bonchev–Trinajstić information content (AvgIpc) is 3.14. The van der Waals surface area contributed by atoms with Gasteiger partial charge in [-0.15, -0.1) is 0 Å². The Labute approximate surface area is 172 Å². The fraction of sp³-hybridized carbons (Fsp3) is 0.125. The molecule has 4 aromatic rings. The minimum Gasteiger partial charge on any atom is -0.457 e. The molecular formula is C24H19FN2O3. The second kappa shape index (κ2) is 8.37. The molecule has 150 valence electrons. The summed E-state index contributed by atoms with van der Waals surface area (Å²) in [6.07, 6.45) is 1.22. The van der Waals surface area contributed by atoms with Gasteiger partial charge in [0.25, 0.3) is 0 Å². The van der Waals surface area contributed by atoms with Gasteiger partial charge in [-0.3, -0.25) is 0 Å². The zero-order chi connectivity index (χ0) is 21.1. The van der Waals surface area contributed by atoms with Crippen molar-refractivity contribution in [2.24, 2.45) is 0 Å². The van der Waals surface area contributed by atoms with E-state index in [2.05, 4.69) is 6.07 Å². The fourth-order valence-electron chi connectivity index (χ4n) is 3.46. The van der Waals surface area contributed by atoms with Crippen molar-refractivity contribution >= 4 is 10.9 Å². The van der Waals surface area contributed by atoms with Gasteiger partial charge in [-0.05, 0) is 66.2 Å². The molecule has 6 heteroatoms. The summed E-state index contributed by atoms with van der Waals surface area (Å²) in [5.41, 5.74) is 2.99. The minimum absolute atomic E-state index is 0.241. The lowest BCUT2D eigenvalue weighted by atomic mass is 10.0. The zero-order valence-electron chi connectivity index (χ0n) is 16.0. The highest BCUT2D eigenvalue weighted by Crippen LogP contribution is 2.30. The summed E-state index contributed by atoms with van der Waals surface area (Å²) in [5, 5.41) is 29.4. The van der Waals surface area contributed by atoms with Gasteiger partial charge in [-0.1, -0.05) is 6.07 Å². The lowest BCUT2D eigenvalue weighted by molar-refractivity contribution is 0.0957. The Kier molecular flexibility index (Phi) is 5.48. The molecule has 0 bridgehead atoms. The summed E-state index contributed by atoms with van der Waals surface area (Å²) >= 11 is 0. The molecule has 3 aromatic carbocycles. The molecular weight excluding hydrogens is 383 g/mol. The number of benzene rings is 3. The van der Waals surface area contributed by atoms with Crippen molar-refractivity contribution in [3.8, 4) is 23.3 Å². The summed E-state index contributed by atoms with van der Waals surface area (Å²) in [7, 11) is 0. The topological polar surface area (TPSA) is 78.4 Å². The fourth-order valence-corrected chi connectivity index (χ4v) is 3.46. The molecule has 1 atom stereocenters. The van der Waals surface area contributed by atoms with Crippen LogP contribution in [-0.2, 0) is 6.42 Å². The highest BCUT2D eigenvalue weighted by molar-refractivity contribution is 5.90. The van der Waals surface area contributed by atoms with E-state index in [1.165, 1.54) is 12.1 Å². The van der Waals surface area contributed by atoms with Crippen molar-refractivity contribution in [2.45, 2.75) is 12.5 Å². The van der Waals surface area contributed by atoms with Crippen molar-refractivity contribution in [2.75, 3.05) is 6.61 Å². The molecule has 5 nitrogen and oxygen atoms in total. The van der Waals surface area contributed by atoms with Crippen LogP contribution in [-0.4, -0.2) is 27.5 Å². The number of hydrogen-bond donors (Lipinski definition) is 2. The van der Waals surface area contributed by atoms with Crippen molar-refractivity contribution in [3.05, 3.63) is 89.9 Å². The number of fused-ring (bicyclic) bond motifs is 1. The summed E-state index contributed by atoms with van der Waals surface area (Å²) in [5.74, 6) is 0.820. The van der Waals surface area contributed by atoms with E-state index in [0.717, 1.165) is 22.2 Å². The molecule has 1 heterocycles. The predicted octanol–water partition coefficient (Wildman–Crippen LogP) is 4.33. The van der Waals surface area contributed by atoms with Gasteiger partial charge in [-0.25, -0.2) is 4.39 Å². The van der Waals surface area contributed by atoms with Crippen LogP contribution < -0.4 is 4.74 Å². The van der Waals surface area contributed by atoms with Crippen LogP contribution in [0.1, 0.15) is 11.1 Å². The number of aliphatic hydroxyl groups excluding tert-OH is 2. The van der Waals surface area contributed by atoms with E-state index in [1.54, 1.807) is 30.3 Å². The van der Waals surface area contributed by atoms with Crippen LogP contribution in [0.15, 0.2) is 72.9 Å². The lowest BCUT2D eigenvalue weighted by Crippen LogP contribution is -2.14. The number of hydrogen-bond acceptors (Lipinski definition) is 4. The van der Waals surface area contributed by atoms with E-state index in [9.17, 15) is 19.9 Å². The van der Waals surface area contributed by atoms with E-state index >= 15 is 0 Å². The summed E-state index contributed by atoms with van der Waals surface area (Å²) in [4.78, 5) is 0. The van der Waals surface area contributed by atoms with Crippen LogP contribution in [0, 0.1) is 17.1 Å². The van der Waals surface area contributed by atoms with Crippen LogP contribution in [0.5, 0.6) is 11.5 Å². The molecule has 0 spiro atoms. The maximum atomic E-state index is 13.0. The molecule has 0 aliphatic carbocycles. The number of aromatic nitrogens is 1. The van der Waals surface area contributed by atoms with Crippen molar-refractivity contribution in [1.29, 1.82) is 5.26 Å². The number of rotatable bonds is 6. The molecule has 30 heavy (non-hydrogen) atoms. The first-order chi connectivity index (χ1) is 14.6. The predicted molar refractivity (Wildman–Crippen MR) is 111 cm³/mol. The van der Waals surface area contributed by atoms with Gasteiger partial charge in [0.1, 0.15) is 17.3 Å². The third kappa shape index (κ3) is 3.90. The Morgan fingerprint density at radius 3 is 2.30 bits per heavy atom. The summed E-state index contributed by atoms with van der Waals surface area (Å²) in [6.45, 7) is -0.350. The Morgan fingerprint density at radius 2 is 1.67 bits per heavy atom. The molecule has 0 saturated carbocycles. The molecule has 1 aromatic heterocycles. The smallest absolute Gasteiger partial charge is 0.127 e. The first-order valence-electron chi connectivity index (χ1n) is 9.45. The summed E-state index contributed by atoms with van der Waals surface area (Å²) < 4.78 is 20.7. The highest BCUT2D eigenvalue weighted by Gasteiger charge is 2.16. The van der Waals surface area contributed by atoms with E-state index in [0.29, 0.717) is 17.1 Å². The molecule has 1 unspecified atom stereocenters. The summed E-state index contributed by atoms with van der Waals surface area (Å²) in [6, 6.07) is 20.8. The van der Waals surface area contributed by atoms with Crippen molar-refractivity contribution in [1.82, 2.24) is 4.57 Å². The third-order valence-corrected chi connectivity index (χ3v) is 4.86. The monoisotopic (exact) mass is 402 g/mol. The Hall–Kier alpha value is -3.66. The first kappa shape index (κ1) is 19.6. The Balaban J connectivity index is 1.70. The number of nitriles is 1. The molecule has 0 aliphatic heterocycles. The van der Waals surface area contributed by atoms with Crippen LogP contribution in [0.3, 0.4) is 0 Å². The molecule has 4 rings (SSSR count). The zero-order valence-corrected chi connectivity index (χ0v) is 16.0. The Morgan fingerprint density at radius 1 is 1.00 bits per heavy atom. The molecule has 0 fully saturated rings. The molecule has 0 amide bonds. The van der Waals surface area contributed by atoms with Crippen LogP contribution in [0.4, 0.5) is 4.39 Å². The van der Waals surface area contributed by atoms with Gasteiger partial charge >= 0.3 is 0 Å². The maximum Gasteiger partial charge on any atom is 0.127 e. The standard InChI is InChI=1S/C24H19FN2O3/c25-18-4-8-21(9-5-18)30-22-10-6-19(7-11-22)27-14-17(12-20(29)15-28)24-16(13-26)2-1-3-23(24)27/h1-11,14,20,28-29H,12,15H2. The first-order valence-corrected chi connectivity index (χ1v) is 9.45. The van der Waals surface area contributed by atoms with E-state index in [-0.39, 0.29) is 18.8 Å². The molecule has 0 aliphatic rings. The SMILES string of the molecule is N#Cc1cccc2c1c(CC(O)CO)cn2-c1ccc(Oc2ccc(F)cc2)cc1. The normalized spacial score (nSPS) is 11.9. The second-order valence-corrected chi connectivity index (χ2v) is 6.93. The number of aliphatic hydroxyl groups is 2. The van der Waals surface area contributed by atoms with E-state index < -0.39 is 6.10 Å².